The maximum absolute atomic E-state index is 14.2. The number of benzene rings is 7. The fourth-order valence-corrected chi connectivity index (χ4v) is 25.9. The molecule has 20 rings (SSSR count). The van der Waals surface area contributed by atoms with E-state index in [0.29, 0.717) is 146 Å². The van der Waals surface area contributed by atoms with Gasteiger partial charge in [-0.2, -0.15) is 15.2 Å². The monoisotopic (exact) mass is 2050 g/mol. The van der Waals surface area contributed by atoms with E-state index >= 15 is 0 Å². The quantitative estimate of drug-likeness (QED) is 0.0164. The molecule has 24 atom stereocenters. The zero-order valence-corrected chi connectivity index (χ0v) is 90.1. The number of fused-ring (bicyclic) bond motifs is 7. The van der Waals surface area contributed by atoms with Gasteiger partial charge in [0.15, 0.2) is 11.5 Å². The molecule has 7 aromatic rings. The number of aliphatic hydroxyl groups excluding tert-OH is 6. The van der Waals surface area contributed by atoms with Crippen LogP contribution in [0, 0.1) is 87.3 Å². The van der Waals surface area contributed by atoms with Crippen molar-refractivity contribution in [3.8, 4) is 62.1 Å². The van der Waals surface area contributed by atoms with Crippen molar-refractivity contribution in [3.05, 3.63) is 171 Å². The van der Waals surface area contributed by atoms with Crippen LogP contribution in [0.5, 0.6) is 28.7 Å². The minimum atomic E-state index is -0.904. The Morgan fingerprint density at radius 2 is 0.830 bits per heavy atom. The summed E-state index contributed by atoms with van der Waals surface area (Å²) in [4.78, 5) is 106. The predicted octanol–water partition coefficient (Wildman–Crippen LogP) is 12.6. The first kappa shape index (κ1) is 111. The number of amides is 5. The van der Waals surface area contributed by atoms with E-state index in [1.54, 1.807) is 75.5 Å². The van der Waals surface area contributed by atoms with Crippen LogP contribution in [0.15, 0.2) is 127 Å². The second-order valence-electron chi connectivity index (χ2n) is 45.0. The average molecular weight is 2050 g/mol. The van der Waals surface area contributed by atoms with Gasteiger partial charge in [0.1, 0.15) is 53.7 Å². The van der Waals surface area contributed by atoms with Crippen LogP contribution in [0.2, 0.25) is 5.02 Å². The maximum Gasteiger partial charge on any atom is 0.337 e. The van der Waals surface area contributed by atoms with E-state index in [2.05, 4.69) is 88.9 Å². The summed E-state index contributed by atoms with van der Waals surface area (Å²) in [7, 11) is 17.7. The number of nitrogens with one attached hydrogen (secondary N) is 5. The lowest BCUT2D eigenvalue weighted by atomic mass is 9.45. The van der Waals surface area contributed by atoms with E-state index in [9.17, 15) is 59.4 Å². The number of hydroxylamine groups is 6. The summed E-state index contributed by atoms with van der Waals surface area (Å²) in [5, 5.41) is 84.9. The van der Waals surface area contributed by atoms with E-state index in [1.165, 1.54) is 26.4 Å². The molecule has 4 heterocycles. The zero-order chi connectivity index (χ0) is 106. The van der Waals surface area contributed by atoms with Gasteiger partial charge in [-0.25, -0.2) is 4.79 Å². The average Bonchev–Trinajstić information content (AvgIpc) is 1.63. The molecule has 0 unspecified atom stereocenters. The molecule has 33 heteroatoms. The fraction of sp³-hybridized carbons (Fsp3) is 0.579. The number of carbonyl (C=O) groups excluding carboxylic acids is 6. The van der Waals surface area contributed by atoms with Crippen molar-refractivity contribution in [2.75, 3.05) is 127 Å². The van der Waals surface area contributed by atoms with Gasteiger partial charge in [0.05, 0.1) is 97.3 Å². The van der Waals surface area contributed by atoms with Crippen LogP contribution < -0.4 is 60.1 Å². The number of hydrogen-bond donors (Lipinski definition) is 11. The smallest absolute Gasteiger partial charge is 0.337 e. The Kier molecular flexibility index (Phi) is 34.9. The summed E-state index contributed by atoms with van der Waals surface area (Å²) in [6.45, 7) is 26.7. The summed E-state index contributed by atoms with van der Waals surface area (Å²) in [5.74, 6) is 3.48. The number of anilines is 2. The van der Waals surface area contributed by atoms with Crippen LogP contribution in [-0.4, -0.2) is 276 Å². The summed E-state index contributed by atoms with van der Waals surface area (Å²) < 4.78 is 34.4. The molecule has 3 saturated heterocycles. The molecule has 0 radical (unpaired) electrons. The number of carbonyl (C=O) groups is 6. The molecule has 147 heavy (non-hydrogen) atoms. The van der Waals surface area contributed by atoms with Crippen molar-refractivity contribution < 1.29 is 102 Å². The minimum Gasteiger partial charge on any atom is -0.496 e. The third-order valence-electron chi connectivity index (χ3n) is 34.7. The molecule has 0 spiro atoms. The first-order valence-corrected chi connectivity index (χ1v) is 52.5. The maximum atomic E-state index is 14.2. The Hall–Kier alpha value is -10.3. The first-order valence-electron chi connectivity index (χ1n) is 52.1. The summed E-state index contributed by atoms with van der Waals surface area (Å²) in [5.41, 5.74) is 11.6. The SMILES string of the molecule is COC(=O)c1cc(-c2cccc(CN3O[C@@H](CO)[C@@H]([C@H](C)O)[C@H]3C(=O)N[C@H]3C[C@H]4C[C@@H]([C@@H]3C)C4(C)C)c2OC)cc(N(C)C)c1.COc1c(CN2O[C@@H](CO)[C@@H]([C@H](C)O)[C@H]2C(=O)N[C@H]2C[C@H]3C[C@@H]([C@@H]2C)C3(C)C)cccc1-c1cc(C(=O)NCCc2ccc(Cl)cc2)cc(N(C)C)c1.COc1c(CN2O[C@@H](CO)[C@@H]([C@H](C)O)[C@H]2C(=O)N[C@H]2C[C@H]3C[C@@H]([C@@H]2C)C3(C)C)cccc1-c1cc2c(c(C(=O)NCCN(C)C)c1)OCO2. The van der Waals surface area contributed by atoms with Crippen LogP contribution in [0.25, 0.3) is 33.4 Å². The lowest BCUT2D eigenvalue weighted by Gasteiger charge is -2.62. The molecule has 11 N–H and O–H groups in total. The number of methoxy groups -OCH3 is 4. The first-order chi connectivity index (χ1) is 69.9. The number of likely N-dealkylation sites (N-methyl/N-ethyl adjacent to an activating group) is 1. The van der Waals surface area contributed by atoms with Crippen LogP contribution in [0.3, 0.4) is 0 Å². The molecule has 7 aromatic carbocycles. The molecular weight excluding hydrogens is 1890 g/mol. The van der Waals surface area contributed by atoms with Crippen molar-refractivity contribution >= 4 is 58.5 Å². The molecule has 12 fully saturated rings. The third-order valence-corrected chi connectivity index (χ3v) is 35.0. The normalized spacial score (nSPS) is 28.3. The summed E-state index contributed by atoms with van der Waals surface area (Å²) in [6.07, 6.45) is 2.10. The second kappa shape index (κ2) is 46.3. The number of esters is 1. The topological polar surface area (TPSA) is 386 Å². The van der Waals surface area contributed by atoms with Gasteiger partial charge in [-0.15, -0.1) is 0 Å². The number of rotatable bonds is 35. The highest BCUT2D eigenvalue weighted by Crippen LogP contribution is 2.64. The molecular formula is C114H156ClN11O21. The second-order valence-corrected chi connectivity index (χ2v) is 45.4. The molecule has 800 valence electrons. The van der Waals surface area contributed by atoms with Crippen molar-refractivity contribution in [2.45, 2.75) is 221 Å². The summed E-state index contributed by atoms with van der Waals surface area (Å²) >= 11 is 6.03. The molecule has 32 nitrogen and oxygen atoms in total. The Morgan fingerprint density at radius 3 is 1.17 bits per heavy atom. The molecule has 0 aromatic heterocycles. The standard InChI is InChI=1S/C42H55ClN4O6.C37H52N4O8.C35H49N3O7/c1-24-34-20-30(42(34,3)4)21-35(24)45-41(51)38-37(25(2)49)36(23-48)53-47(38)22-27-9-8-10-33(39(27)52-7)28-17-29(19-32(18-28)46(5)6)40(50)44-16-15-26-11-13-31(43)14-12-26;1-20-27-15-24(37(27,3)4)16-28(20)39-36(45)32-31(21(2)43)30(18-42)49-41(32)17-22-9-8-10-25(33(22)46-7)23-13-26(34-29(14-23)47-19-48-34)35(44)38-11-12-40(5)6;1-19-27-15-24(35(27,3)4)16-28(19)36-33(41)31-30(20(2)40)29(18-39)45-38(31)17-21-10-9-11-26(32(21)43-7)22-12-23(34(42)44-8)14-25(13-22)37(5)6/h8-14,17-19,24-25,30,34-38,48-49H,15-16,20-23H2,1-7H3,(H,44,50)(H,45,51);8-10,13-14,20-21,24,27-28,30-32,42-43H,11-12,15-19H2,1-7H3,(H,38,44)(H,39,45);9-14,19-20,24,27-31,39-40H,15-18H2,1-8H3,(H,36,41)/t24-,25-,30+,34-,35-,36-,37+,38-;20-,21-,24+,27-,28-,30-,31+,32-;19-,20-,24+,27-,28-,29-,30+,31-/m000/s1. The number of hydrogen-bond acceptors (Lipinski definition) is 27. The number of ether oxygens (including phenoxy) is 6. The third kappa shape index (κ3) is 22.9. The van der Waals surface area contributed by atoms with Gasteiger partial charge in [-0.05, 0) is 232 Å². The Morgan fingerprint density at radius 1 is 0.463 bits per heavy atom. The number of para-hydroxylation sites is 3. The summed E-state index contributed by atoms with van der Waals surface area (Å²) in [6, 6.07) is 37.2. The highest BCUT2D eigenvalue weighted by Gasteiger charge is 2.62. The number of nitrogens with zero attached hydrogens (tertiary/aromatic N) is 6. The Labute approximate surface area is 870 Å². The Balaban J connectivity index is 0.000000166. The van der Waals surface area contributed by atoms with Crippen LogP contribution in [0.4, 0.5) is 11.4 Å². The van der Waals surface area contributed by atoms with Crippen LogP contribution in [0.1, 0.15) is 175 Å². The van der Waals surface area contributed by atoms with Crippen LogP contribution >= 0.6 is 11.6 Å². The minimum absolute atomic E-state index is 0.0128. The fourth-order valence-electron chi connectivity index (χ4n) is 25.8. The van der Waals surface area contributed by atoms with Crippen LogP contribution in [-0.2, 0) is 59.7 Å². The van der Waals surface area contributed by atoms with E-state index < -0.39 is 78.5 Å². The molecule has 5 amide bonds. The van der Waals surface area contributed by atoms with Gasteiger partial charge >= 0.3 is 5.97 Å². The number of halogens is 1. The van der Waals surface area contributed by atoms with Crippen molar-refractivity contribution in [2.24, 2.45) is 87.3 Å². The highest BCUT2D eigenvalue weighted by atomic mass is 35.5. The molecule has 4 aliphatic heterocycles. The highest BCUT2D eigenvalue weighted by molar-refractivity contribution is 6.30. The lowest BCUT2D eigenvalue weighted by Crippen LogP contribution is -2.62. The van der Waals surface area contributed by atoms with E-state index in [1.807, 2.05) is 166 Å². The predicted molar refractivity (Wildman–Crippen MR) is 562 cm³/mol. The van der Waals surface area contributed by atoms with Gasteiger partial charge in [0.2, 0.25) is 24.5 Å². The molecule has 9 aliphatic carbocycles. The molecule has 13 aliphatic rings. The number of aliphatic hydroxyl groups is 6. The largest absolute Gasteiger partial charge is 0.496 e. The van der Waals surface area contributed by atoms with E-state index in [-0.39, 0.29) is 105 Å². The van der Waals surface area contributed by atoms with E-state index in [4.69, 9.17) is 54.5 Å². The zero-order valence-electron chi connectivity index (χ0n) is 89.4. The lowest BCUT2D eigenvalue weighted by molar-refractivity contribution is -0.183. The molecule has 6 bridgehead atoms. The van der Waals surface area contributed by atoms with Gasteiger partial charge in [-0.3, -0.25) is 38.5 Å². The van der Waals surface area contributed by atoms with Crippen molar-refractivity contribution in [1.29, 1.82) is 0 Å². The van der Waals surface area contributed by atoms with Gasteiger partial charge in [0, 0.05) is 139 Å². The van der Waals surface area contributed by atoms with Gasteiger partial charge in [0.25, 0.3) is 11.8 Å². The van der Waals surface area contributed by atoms with Crippen molar-refractivity contribution in [1.82, 2.24) is 46.7 Å². The molecule has 9 saturated carbocycles. The Bertz CT molecular complexity index is 5840. The van der Waals surface area contributed by atoms with Gasteiger partial charge < -0.3 is 100 Å². The van der Waals surface area contributed by atoms with Gasteiger partial charge in [-0.1, -0.05) is 141 Å². The van der Waals surface area contributed by atoms with E-state index in [0.717, 1.165) is 75.1 Å². The van der Waals surface area contributed by atoms with Crippen molar-refractivity contribution in [3.63, 3.8) is 0 Å².